The van der Waals surface area contributed by atoms with Crippen LogP contribution in [-0.2, 0) is 16.0 Å². The van der Waals surface area contributed by atoms with Crippen molar-refractivity contribution in [3.63, 3.8) is 0 Å². The Bertz CT molecular complexity index is 467. The first-order valence-corrected chi connectivity index (χ1v) is 4.98. The Labute approximate surface area is 101 Å². The number of rotatable bonds is 4. The van der Waals surface area contributed by atoms with Crippen LogP contribution in [0.25, 0.3) is 0 Å². The Kier molecular flexibility index (Phi) is 4.19. The molecule has 0 saturated heterocycles. The van der Waals surface area contributed by atoms with Gasteiger partial charge in [-0.15, -0.1) is 0 Å². The van der Waals surface area contributed by atoms with E-state index < -0.39 is 35.3 Å². The highest BCUT2D eigenvalue weighted by atomic mass is 19.1. The highest BCUT2D eigenvalue weighted by molar-refractivity contribution is 5.82. The fraction of sp³-hybridized carbons (Fsp3) is 0.273. The molecule has 5 nitrogen and oxygen atoms in total. The number of amides is 1. The number of phenols is 1. The number of carboxylic acid groups (broad SMARTS) is 1. The van der Waals surface area contributed by atoms with Crippen molar-refractivity contribution >= 4 is 11.9 Å². The second kappa shape index (κ2) is 5.44. The van der Waals surface area contributed by atoms with Crippen molar-refractivity contribution in [1.29, 1.82) is 0 Å². The van der Waals surface area contributed by atoms with Crippen molar-refractivity contribution in [2.45, 2.75) is 19.4 Å². The summed E-state index contributed by atoms with van der Waals surface area (Å²) in [7, 11) is 0. The summed E-state index contributed by atoms with van der Waals surface area (Å²) in [5.74, 6) is -5.37. The summed E-state index contributed by atoms with van der Waals surface area (Å²) >= 11 is 0. The maximum absolute atomic E-state index is 13.0. The minimum absolute atomic E-state index is 0.0175. The lowest BCUT2D eigenvalue weighted by Crippen LogP contribution is -2.41. The maximum Gasteiger partial charge on any atom is 0.326 e. The largest absolute Gasteiger partial charge is 0.503 e. The molecular formula is C11H11F2NO4. The van der Waals surface area contributed by atoms with Crippen LogP contribution in [-0.4, -0.2) is 28.1 Å². The zero-order valence-electron chi connectivity index (χ0n) is 9.41. The number of benzene rings is 1. The van der Waals surface area contributed by atoms with E-state index in [1.165, 1.54) is 0 Å². The molecule has 1 aromatic carbocycles. The Morgan fingerprint density at radius 3 is 2.22 bits per heavy atom. The van der Waals surface area contributed by atoms with E-state index in [9.17, 15) is 18.4 Å². The number of hydrogen-bond donors (Lipinski definition) is 3. The minimum Gasteiger partial charge on any atom is -0.503 e. The third-order valence-electron chi connectivity index (χ3n) is 2.19. The van der Waals surface area contributed by atoms with Crippen LogP contribution in [0.2, 0.25) is 0 Å². The number of aromatic hydroxyl groups is 1. The van der Waals surface area contributed by atoms with Gasteiger partial charge in [-0.2, -0.15) is 0 Å². The van der Waals surface area contributed by atoms with Crippen molar-refractivity contribution in [3.8, 4) is 5.75 Å². The fourth-order valence-electron chi connectivity index (χ4n) is 1.42. The van der Waals surface area contributed by atoms with Crippen molar-refractivity contribution in [2.24, 2.45) is 0 Å². The average molecular weight is 259 g/mol. The molecule has 0 saturated carbocycles. The SMILES string of the molecule is CC(=O)N[C@@H](Cc1cc(F)c(O)c(F)c1)C(=O)O. The van der Waals surface area contributed by atoms with Crippen LogP contribution < -0.4 is 5.32 Å². The predicted octanol–water partition coefficient (Wildman–Crippen LogP) is 0.802. The van der Waals surface area contributed by atoms with E-state index in [1.807, 2.05) is 0 Å². The van der Waals surface area contributed by atoms with E-state index in [2.05, 4.69) is 5.32 Å². The molecule has 1 atom stereocenters. The third kappa shape index (κ3) is 3.41. The monoisotopic (exact) mass is 259 g/mol. The van der Waals surface area contributed by atoms with Crippen LogP contribution in [0.15, 0.2) is 12.1 Å². The van der Waals surface area contributed by atoms with Gasteiger partial charge in [0, 0.05) is 13.3 Å². The maximum atomic E-state index is 13.0. The minimum atomic E-state index is -1.32. The van der Waals surface area contributed by atoms with Gasteiger partial charge in [0.2, 0.25) is 5.91 Å². The van der Waals surface area contributed by atoms with Crippen molar-refractivity contribution in [2.75, 3.05) is 0 Å². The number of carbonyl (C=O) groups is 2. The molecule has 0 bridgehead atoms. The van der Waals surface area contributed by atoms with Crippen LogP contribution >= 0.6 is 0 Å². The van der Waals surface area contributed by atoms with Gasteiger partial charge in [0.25, 0.3) is 0 Å². The van der Waals surface area contributed by atoms with Gasteiger partial charge in [-0.25, -0.2) is 13.6 Å². The van der Waals surface area contributed by atoms with Gasteiger partial charge in [-0.1, -0.05) is 0 Å². The number of phenolic OH excluding ortho intramolecular Hbond substituents is 1. The first kappa shape index (κ1) is 13.9. The van der Waals surface area contributed by atoms with E-state index in [4.69, 9.17) is 10.2 Å². The Morgan fingerprint density at radius 1 is 1.33 bits per heavy atom. The topological polar surface area (TPSA) is 86.6 Å². The van der Waals surface area contributed by atoms with Crippen molar-refractivity contribution in [3.05, 3.63) is 29.3 Å². The van der Waals surface area contributed by atoms with Crippen LogP contribution in [0.4, 0.5) is 8.78 Å². The molecule has 98 valence electrons. The van der Waals surface area contributed by atoms with Gasteiger partial charge in [0.1, 0.15) is 6.04 Å². The van der Waals surface area contributed by atoms with Crippen LogP contribution in [0, 0.1) is 11.6 Å². The molecule has 1 rings (SSSR count). The first-order chi connectivity index (χ1) is 8.31. The lowest BCUT2D eigenvalue weighted by molar-refractivity contribution is -0.141. The molecule has 0 aliphatic heterocycles. The van der Waals surface area contributed by atoms with Crippen LogP contribution in [0.3, 0.4) is 0 Å². The van der Waals surface area contributed by atoms with Crippen molar-refractivity contribution < 1.29 is 28.6 Å². The first-order valence-electron chi connectivity index (χ1n) is 4.98. The molecule has 18 heavy (non-hydrogen) atoms. The number of nitrogens with one attached hydrogen (secondary N) is 1. The number of carboxylic acids is 1. The molecule has 0 aliphatic rings. The highest BCUT2D eigenvalue weighted by Crippen LogP contribution is 2.22. The van der Waals surface area contributed by atoms with Crippen molar-refractivity contribution in [1.82, 2.24) is 5.32 Å². The van der Waals surface area contributed by atoms with Gasteiger partial charge < -0.3 is 15.5 Å². The van der Waals surface area contributed by atoms with E-state index >= 15 is 0 Å². The van der Waals surface area contributed by atoms with E-state index in [0.29, 0.717) is 0 Å². The molecule has 7 heteroatoms. The van der Waals surface area contributed by atoms with Crippen LogP contribution in [0.1, 0.15) is 12.5 Å². The molecule has 0 aliphatic carbocycles. The standard InChI is InChI=1S/C11H11F2NO4/c1-5(15)14-9(11(17)18)4-6-2-7(12)10(16)8(13)3-6/h2-3,9,16H,4H2,1H3,(H,14,15)(H,17,18)/t9-/m0/s1. The normalized spacial score (nSPS) is 11.9. The van der Waals surface area contributed by atoms with E-state index in [-0.39, 0.29) is 12.0 Å². The molecule has 0 spiro atoms. The summed E-state index contributed by atoms with van der Waals surface area (Å²) in [4.78, 5) is 21.6. The Morgan fingerprint density at radius 2 is 1.83 bits per heavy atom. The lowest BCUT2D eigenvalue weighted by atomic mass is 10.1. The van der Waals surface area contributed by atoms with Gasteiger partial charge in [-0.3, -0.25) is 4.79 Å². The van der Waals surface area contributed by atoms with Gasteiger partial charge in [0.05, 0.1) is 0 Å². The predicted molar refractivity (Wildman–Crippen MR) is 57.0 cm³/mol. The lowest BCUT2D eigenvalue weighted by Gasteiger charge is -2.13. The third-order valence-corrected chi connectivity index (χ3v) is 2.19. The second-order valence-electron chi connectivity index (χ2n) is 3.70. The molecular weight excluding hydrogens is 248 g/mol. The Hall–Kier alpha value is -2.18. The summed E-state index contributed by atoms with van der Waals surface area (Å²) in [6.07, 6.45) is -0.289. The quantitative estimate of drug-likeness (QED) is 0.746. The van der Waals surface area contributed by atoms with Gasteiger partial charge in [-0.05, 0) is 17.7 Å². The molecule has 0 aromatic heterocycles. The highest BCUT2D eigenvalue weighted by Gasteiger charge is 2.20. The van der Waals surface area contributed by atoms with Gasteiger partial charge in [0.15, 0.2) is 17.4 Å². The molecule has 0 unspecified atom stereocenters. The van der Waals surface area contributed by atoms with E-state index in [0.717, 1.165) is 19.1 Å². The molecule has 1 aromatic rings. The second-order valence-corrected chi connectivity index (χ2v) is 3.70. The van der Waals surface area contributed by atoms with E-state index in [1.54, 1.807) is 0 Å². The summed E-state index contributed by atoms with van der Waals surface area (Å²) in [5.41, 5.74) is 0.0175. The molecule has 0 heterocycles. The molecule has 0 radical (unpaired) electrons. The summed E-state index contributed by atoms with van der Waals surface area (Å²) in [5, 5.41) is 19.8. The van der Waals surface area contributed by atoms with Gasteiger partial charge >= 0.3 is 5.97 Å². The number of halogens is 2. The molecule has 3 N–H and O–H groups in total. The number of hydrogen-bond acceptors (Lipinski definition) is 3. The van der Waals surface area contributed by atoms with Crippen LogP contribution in [0.5, 0.6) is 5.75 Å². The average Bonchev–Trinajstić information content (AvgIpc) is 2.24. The molecule has 1 amide bonds. The Balaban J connectivity index is 2.94. The molecule has 0 fully saturated rings. The summed E-state index contributed by atoms with van der Waals surface area (Å²) in [6, 6.07) is 0.345. The number of aliphatic carboxylic acids is 1. The summed E-state index contributed by atoms with van der Waals surface area (Å²) in [6.45, 7) is 1.13. The smallest absolute Gasteiger partial charge is 0.326 e. The number of carbonyl (C=O) groups excluding carboxylic acids is 1. The zero-order valence-corrected chi connectivity index (χ0v) is 9.41. The summed E-state index contributed by atoms with van der Waals surface area (Å²) < 4.78 is 26.1. The zero-order chi connectivity index (χ0) is 13.9. The fourth-order valence-corrected chi connectivity index (χ4v) is 1.42.